The van der Waals surface area contributed by atoms with Gasteiger partial charge in [-0.3, -0.25) is 24.1 Å². The van der Waals surface area contributed by atoms with E-state index < -0.39 is 23.6 Å². The van der Waals surface area contributed by atoms with E-state index >= 15 is 0 Å². The smallest absolute Gasteiger partial charge is 0.294 e. The summed E-state index contributed by atoms with van der Waals surface area (Å²) in [4.78, 5) is 51.3. The van der Waals surface area contributed by atoms with E-state index in [1.165, 1.54) is 20.3 Å². The van der Waals surface area contributed by atoms with Crippen molar-refractivity contribution in [1.82, 2.24) is 4.90 Å². The fourth-order valence-electron chi connectivity index (χ4n) is 3.86. The largest absolute Gasteiger partial charge is 0.497 e. The van der Waals surface area contributed by atoms with E-state index in [1.54, 1.807) is 42.5 Å². The molecule has 4 rings (SSSR count). The maximum atomic E-state index is 12.9. The highest BCUT2D eigenvalue weighted by Gasteiger charge is 2.36. The van der Waals surface area contributed by atoms with Gasteiger partial charge in [0.25, 0.3) is 17.1 Å². The van der Waals surface area contributed by atoms with Crippen LogP contribution in [0.2, 0.25) is 0 Å². The van der Waals surface area contributed by atoms with Crippen LogP contribution in [0.3, 0.4) is 0 Å². The number of benzene rings is 3. The normalized spacial score (nSPS) is 13.8. The second-order valence-electron chi connectivity index (χ2n) is 9.09. The van der Waals surface area contributed by atoms with Crippen molar-refractivity contribution in [3.8, 4) is 17.2 Å². The van der Waals surface area contributed by atoms with Crippen molar-refractivity contribution < 1.29 is 33.4 Å². The number of methoxy groups -OCH3 is 2. The van der Waals surface area contributed by atoms with Gasteiger partial charge in [-0.05, 0) is 96.9 Å². The van der Waals surface area contributed by atoms with E-state index in [0.717, 1.165) is 27.8 Å². The standard InChI is InChI=1S/C30H29N3O7S/c1-18-5-7-22(13-19(18)2)32-28(35)17-40-24-12-6-20(14-25(24)39-4)15-26-29(36)33(30(37)41-26)16-27(34)31-21-8-10-23(38-3)11-9-21/h5-15H,16-17H2,1-4H3,(H,31,34)(H,32,35)/b26-15+. The Morgan fingerprint density at radius 3 is 2.22 bits per heavy atom. The zero-order chi connectivity index (χ0) is 29.5. The molecule has 11 heteroatoms. The monoisotopic (exact) mass is 575 g/mol. The Morgan fingerprint density at radius 2 is 1.54 bits per heavy atom. The highest BCUT2D eigenvalue weighted by atomic mass is 32.2. The molecule has 1 aliphatic heterocycles. The number of hydrogen-bond acceptors (Lipinski definition) is 8. The third kappa shape index (κ3) is 7.46. The molecule has 0 bridgehead atoms. The predicted octanol–water partition coefficient (Wildman–Crippen LogP) is 5.01. The third-order valence-electron chi connectivity index (χ3n) is 6.18. The zero-order valence-electron chi connectivity index (χ0n) is 23.0. The first-order valence-corrected chi connectivity index (χ1v) is 13.4. The molecule has 1 aliphatic rings. The van der Waals surface area contributed by atoms with Crippen LogP contribution in [0.5, 0.6) is 17.2 Å². The second kappa shape index (κ2) is 13.1. The van der Waals surface area contributed by atoms with E-state index in [1.807, 2.05) is 32.0 Å². The van der Waals surface area contributed by atoms with Crippen LogP contribution in [-0.2, 0) is 14.4 Å². The number of rotatable bonds is 10. The Hall–Kier alpha value is -4.77. The van der Waals surface area contributed by atoms with Crippen molar-refractivity contribution in [1.29, 1.82) is 0 Å². The molecule has 1 fully saturated rings. The van der Waals surface area contributed by atoms with Gasteiger partial charge in [0.15, 0.2) is 18.1 Å². The molecule has 0 radical (unpaired) electrons. The third-order valence-corrected chi connectivity index (χ3v) is 7.09. The number of ether oxygens (including phenoxy) is 3. The number of carbonyl (C=O) groups is 4. The number of nitrogens with zero attached hydrogens (tertiary/aromatic N) is 1. The maximum absolute atomic E-state index is 12.9. The molecule has 0 aliphatic carbocycles. The second-order valence-corrected chi connectivity index (χ2v) is 10.1. The molecule has 3 aromatic carbocycles. The van der Waals surface area contributed by atoms with Gasteiger partial charge >= 0.3 is 0 Å². The van der Waals surface area contributed by atoms with Crippen molar-refractivity contribution in [3.63, 3.8) is 0 Å². The van der Waals surface area contributed by atoms with Gasteiger partial charge in [-0.2, -0.15) is 0 Å². The van der Waals surface area contributed by atoms with Gasteiger partial charge in [-0.25, -0.2) is 0 Å². The van der Waals surface area contributed by atoms with E-state index in [9.17, 15) is 19.2 Å². The van der Waals surface area contributed by atoms with Crippen LogP contribution in [0.1, 0.15) is 16.7 Å². The number of thioether (sulfide) groups is 1. The first-order valence-electron chi connectivity index (χ1n) is 12.5. The number of anilines is 2. The molecule has 41 heavy (non-hydrogen) atoms. The summed E-state index contributed by atoms with van der Waals surface area (Å²) in [5.74, 6) is -0.104. The summed E-state index contributed by atoms with van der Waals surface area (Å²) in [6, 6.07) is 17.2. The SMILES string of the molecule is COc1ccc(NC(=O)CN2C(=O)S/C(=C/c3ccc(OCC(=O)Nc4ccc(C)c(C)c4)c(OC)c3)C2=O)cc1. The van der Waals surface area contributed by atoms with Crippen LogP contribution in [0.4, 0.5) is 16.2 Å². The molecule has 0 aromatic heterocycles. The predicted molar refractivity (Wildman–Crippen MR) is 157 cm³/mol. The van der Waals surface area contributed by atoms with Gasteiger partial charge in [-0.1, -0.05) is 12.1 Å². The van der Waals surface area contributed by atoms with Gasteiger partial charge in [0, 0.05) is 11.4 Å². The van der Waals surface area contributed by atoms with Crippen molar-refractivity contribution >= 4 is 52.2 Å². The summed E-state index contributed by atoms with van der Waals surface area (Å²) in [5.41, 5.74) is 3.95. The molecule has 3 aromatic rings. The lowest BCUT2D eigenvalue weighted by atomic mass is 10.1. The molecule has 4 amide bonds. The van der Waals surface area contributed by atoms with Crippen molar-refractivity contribution in [2.75, 3.05) is 38.0 Å². The van der Waals surface area contributed by atoms with Crippen LogP contribution < -0.4 is 24.8 Å². The molecule has 0 saturated carbocycles. The van der Waals surface area contributed by atoms with Crippen LogP contribution in [0.15, 0.2) is 65.6 Å². The molecule has 10 nitrogen and oxygen atoms in total. The Morgan fingerprint density at radius 1 is 0.829 bits per heavy atom. The highest BCUT2D eigenvalue weighted by molar-refractivity contribution is 8.18. The van der Waals surface area contributed by atoms with Gasteiger partial charge in [-0.15, -0.1) is 0 Å². The van der Waals surface area contributed by atoms with Crippen LogP contribution in [0.25, 0.3) is 6.08 Å². The number of carbonyl (C=O) groups excluding carboxylic acids is 4. The Labute approximate surface area is 241 Å². The van der Waals surface area contributed by atoms with E-state index in [2.05, 4.69) is 10.6 Å². The lowest BCUT2D eigenvalue weighted by Crippen LogP contribution is -2.36. The summed E-state index contributed by atoms with van der Waals surface area (Å²) in [6.45, 7) is 3.30. The number of nitrogens with one attached hydrogen (secondary N) is 2. The van der Waals surface area contributed by atoms with Crippen LogP contribution >= 0.6 is 11.8 Å². The van der Waals surface area contributed by atoms with Crippen molar-refractivity contribution in [3.05, 3.63) is 82.3 Å². The van der Waals surface area contributed by atoms with Gasteiger partial charge in [0.1, 0.15) is 12.3 Å². The minimum absolute atomic E-state index is 0.163. The molecular formula is C30H29N3O7S. The number of hydrogen-bond donors (Lipinski definition) is 2. The van der Waals surface area contributed by atoms with Crippen molar-refractivity contribution in [2.24, 2.45) is 0 Å². The van der Waals surface area contributed by atoms with E-state index in [4.69, 9.17) is 14.2 Å². The molecule has 0 spiro atoms. The first-order chi connectivity index (χ1) is 19.7. The fraction of sp³-hybridized carbons (Fsp3) is 0.200. The minimum Gasteiger partial charge on any atom is -0.497 e. The molecule has 1 saturated heterocycles. The molecule has 212 valence electrons. The Bertz CT molecular complexity index is 1520. The summed E-state index contributed by atoms with van der Waals surface area (Å²) < 4.78 is 16.2. The fourth-order valence-corrected chi connectivity index (χ4v) is 4.70. The minimum atomic E-state index is -0.577. The summed E-state index contributed by atoms with van der Waals surface area (Å²) in [5, 5.41) is 4.91. The average molecular weight is 576 g/mol. The van der Waals surface area contributed by atoms with Crippen LogP contribution in [0, 0.1) is 13.8 Å². The molecule has 2 N–H and O–H groups in total. The van der Waals surface area contributed by atoms with E-state index in [0.29, 0.717) is 34.2 Å². The van der Waals surface area contributed by atoms with Gasteiger partial charge < -0.3 is 24.8 Å². The topological polar surface area (TPSA) is 123 Å². The number of amides is 4. The Balaban J connectivity index is 1.36. The zero-order valence-corrected chi connectivity index (χ0v) is 23.8. The summed E-state index contributed by atoms with van der Waals surface area (Å²) in [7, 11) is 2.99. The summed E-state index contributed by atoms with van der Waals surface area (Å²) in [6.07, 6.45) is 1.53. The summed E-state index contributed by atoms with van der Waals surface area (Å²) >= 11 is 0.741. The molecule has 0 atom stereocenters. The maximum Gasteiger partial charge on any atom is 0.294 e. The molecule has 1 heterocycles. The number of imide groups is 1. The number of aryl methyl sites for hydroxylation is 2. The molecule has 0 unspecified atom stereocenters. The molecular weight excluding hydrogens is 546 g/mol. The van der Waals surface area contributed by atoms with Crippen LogP contribution in [-0.4, -0.2) is 55.2 Å². The highest BCUT2D eigenvalue weighted by Crippen LogP contribution is 2.34. The van der Waals surface area contributed by atoms with Gasteiger partial charge in [0.2, 0.25) is 5.91 Å². The average Bonchev–Trinajstić information content (AvgIpc) is 3.21. The Kier molecular flexibility index (Phi) is 9.30. The lowest BCUT2D eigenvalue weighted by Gasteiger charge is -2.13. The van der Waals surface area contributed by atoms with Gasteiger partial charge in [0.05, 0.1) is 19.1 Å². The van der Waals surface area contributed by atoms with E-state index in [-0.39, 0.29) is 17.4 Å². The van der Waals surface area contributed by atoms with Crippen molar-refractivity contribution in [2.45, 2.75) is 13.8 Å². The first kappa shape index (κ1) is 29.2. The quantitative estimate of drug-likeness (QED) is 0.324. The lowest BCUT2D eigenvalue weighted by molar-refractivity contribution is -0.127.